The maximum absolute atomic E-state index is 12.3. The van der Waals surface area contributed by atoms with Crippen LogP contribution < -0.4 is 11.2 Å². The van der Waals surface area contributed by atoms with Crippen LogP contribution in [-0.4, -0.2) is 17.9 Å². The van der Waals surface area contributed by atoms with E-state index in [0.29, 0.717) is 5.56 Å². The Labute approximate surface area is 157 Å². The van der Waals surface area contributed by atoms with Crippen molar-refractivity contribution >= 4 is 11.9 Å². The predicted molar refractivity (Wildman–Crippen MR) is 105 cm³/mol. The summed E-state index contributed by atoms with van der Waals surface area (Å²) in [4.78, 5) is 28.4. The summed E-state index contributed by atoms with van der Waals surface area (Å²) in [6.07, 6.45) is 0. The fraction of sp³-hybridized carbons (Fsp3) is 0.0909. The van der Waals surface area contributed by atoms with E-state index in [-0.39, 0.29) is 0 Å². The third kappa shape index (κ3) is 4.40. The molecule has 0 fully saturated rings. The predicted octanol–water partition coefficient (Wildman–Crippen LogP) is 3.56. The lowest BCUT2D eigenvalue weighted by Crippen LogP contribution is -2.35. The summed E-state index contributed by atoms with van der Waals surface area (Å²) in [7, 11) is 0. The number of benzene rings is 3. The van der Waals surface area contributed by atoms with Crippen molar-refractivity contribution in [2.24, 2.45) is 5.73 Å². The van der Waals surface area contributed by atoms with E-state index < -0.39 is 17.9 Å². The monoisotopic (exact) mass is 360 g/mol. The number of hydrogen-bond acceptors (Lipinski definition) is 4. The van der Waals surface area contributed by atoms with Gasteiger partial charge in [-0.1, -0.05) is 66.7 Å². The van der Waals surface area contributed by atoms with Gasteiger partial charge in [-0.2, -0.15) is 5.48 Å². The van der Waals surface area contributed by atoms with Gasteiger partial charge in [0.25, 0.3) is 5.91 Å². The van der Waals surface area contributed by atoms with Gasteiger partial charge in [0.1, 0.15) is 6.04 Å². The minimum atomic E-state index is -0.811. The van der Waals surface area contributed by atoms with Crippen molar-refractivity contribution in [2.75, 3.05) is 0 Å². The Morgan fingerprint density at radius 1 is 0.852 bits per heavy atom. The lowest BCUT2D eigenvalue weighted by atomic mass is 9.94. The SMILES string of the molecule is C[C@H](N)C(=O)ONC(=O)c1cccc(-c2ccccc2-c2ccccc2)c1. The first-order valence-corrected chi connectivity index (χ1v) is 8.58. The molecular weight excluding hydrogens is 340 g/mol. The van der Waals surface area contributed by atoms with Crippen molar-refractivity contribution in [1.29, 1.82) is 0 Å². The highest BCUT2D eigenvalue weighted by Gasteiger charge is 2.14. The molecule has 0 heterocycles. The van der Waals surface area contributed by atoms with E-state index >= 15 is 0 Å². The molecule has 136 valence electrons. The molecule has 1 amide bonds. The highest BCUT2D eigenvalue weighted by Crippen LogP contribution is 2.32. The number of carbonyl (C=O) groups is 2. The Morgan fingerprint density at radius 2 is 1.44 bits per heavy atom. The average Bonchev–Trinajstić information content (AvgIpc) is 2.72. The van der Waals surface area contributed by atoms with Gasteiger partial charge in [-0.3, -0.25) is 4.79 Å². The lowest BCUT2D eigenvalue weighted by molar-refractivity contribution is -0.150. The van der Waals surface area contributed by atoms with Crippen molar-refractivity contribution in [3.63, 3.8) is 0 Å². The fourth-order valence-corrected chi connectivity index (χ4v) is 2.68. The van der Waals surface area contributed by atoms with Gasteiger partial charge in [0.15, 0.2) is 0 Å². The molecule has 0 spiro atoms. The van der Waals surface area contributed by atoms with Gasteiger partial charge in [-0.25, -0.2) is 4.79 Å². The van der Waals surface area contributed by atoms with Gasteiger partial charge in [0.2, 0.25) is 0 Å². The zero-order valence-corrected chi connectivity index (χ0v) is 14.9. The maximum atomic E-state index is 12.3. The Hall–Kier alpha value is -3.44. The van der Waals surface area contributed by atoms with Crippen LogP contribution in [0, 0.1) is 0 Å². The van der Waals surface area contributed by atoms with Crippen molar-refractivity contribution in [1.82, 2.24) is 5.48 Å². The van der Waals surface area contributed by atoms with Crippen molar-refractivity contribution in [3.8, 4) is 22.3 Å². The molecule has 5 nitrogen and oxygen atoms in total. The molecule has 5 heteroatoms. The van der Waals surface area contributed by atoms with E-state index in [0.717, 1.165) is 22.3 Å². The van der Waals surface area contributed by atoms with Crippen molar-refractivity contribution < 1.29 is 14.4 Å². The summed E-state index contributed by atoms with van der Waals surface area (Å²) in [5.41, 5.74) is 12.0. The van der Waals surface area contributed by atoms with Crippen LogP contribution in [-0.2, 0) is 9.63 Å². The van der Waals surface area contributed by atoms with E-state index in [2.05, 4.69) is 5.48 Å². The van der Waals surface area contributed by atoms with Crippen LogP contribution in [0.1, 0.15) is 17.3 Å². The largest absolute Gasteiger partial charge is 0.348 e. The summed E-state index contributed by atoms with van der Waals surface area (Å²) >= 11 is 0. The van der Waals surface area contributed by atoms with Gasteiger partial charge >= 0.3 is 5.97 Å². The molecule has 1 atom stereocenters. The lowest BCUT2D eigenvalue weighted by Gasteiger charge is -2.12. The minimum absolute atomic E-state index is 0.382. The first kappa shape index (κ1) is 18.4. The van der Waals surface area contributed by atoms with E-state index in [4.69, 9.17) is 10.6 Å². The molecule has 27 heavy (non-hydrogen) atoms. The second-order valence-electron chi connectivity index (χ2n) is 6.13. The quantitative estimate of drug-likeness (QED) is 0.697. The summed E-state index contributed by atoms with van der Waals surface area (Å²) in [6, 6.07) is 24.4. The van der Waals surface area contributed by atoms with Gasteiger partial charge < -0.3 is 10.6 Å². The normalized spacial score (nSPS) is 11.5. The number of amides is 1. The Bertz CT molecular complexity index is 953. The first-order chi connectivity index (χ1) is 13.1. The Kier molecular flexibility index (Phi) is 5.64. The van der Waals surface area contributed by atoms with Crippen LogP contribution in [0.4, 0.5) is 0 Å². The molecule has 0 unspecified atom stereocenters. The van der Waals surface area contributed by atoms with Gasteiger partial charge in [-0.05, 0) is 41.3 Å². The summed E-state index contributed by atoms with van der Waals surface area (Å²) < 4.78 is 0. The molecule has 0 radical (unpaired) electrons. The average molecular weight is 360 g/mol. The maximum Gasteiger partial charge on any atom is 0.348 e. The standard InChI is InChI=1S/C22H20N2O3/c1-15(23)22(26)27-24-21(25)18-11-7-10-17(14-18)20-13-6-5-12-19(20)16-8-3-2-4-9-16/h2-15H,23H2,1H3,(H,24,25)/t15-/m0/s1. The fourth-order valence-electron chi connectivity index (χ4n) is 2.68. The molecule has 3 N–H and O–H groups in total. The van der Waals surface area contributed by atoms with Crippen molar-refractivity contribution in [2.45, 2.75) is 13.0 Å². The highest BCUT2D eigenvalue weighted by molar-refractivity contribution is 5.96. The summed E-state index contributed by atoms with van der Waals surface area (Å²) in [5.74, 6) is -1.21. The first-order valence-electron chi connectivity index (χ1n) is 8.58. The summed E-state index contributed by atoms with van der Waals surface area (Å²) in [5, 5.41) is 0. The van der Waals surface area contributed by atoms with Crippen molar-refractivity contribution in [3.05, 3.63) is 84.4 Å². The van der Waals surface area contributed by atoms with E-state index in [1.165, 1.54) is 6.92 Å². The second kappa shape index (κ2) is 8.29. The molecule has 0 aromatic heterocycles. The molecule has 3 aromatic rings. The number of carbonyl (C=O) groups excluding carboxylic acids is 2. The van der Waals surface area contributed by atoms with Crippen LogP contribution >= 0.6 is 0 Å². The smallest absolute Gasteiger partial charge is 0.339 e. The summed E-state index contributed by atoms with van der Waals surface area (Å²) in [6.45, 7) is 1.48. The Morgan fingerprint density at radius 3 is 2.11 bits per heavy atom. The third-order valence-corrected chi connectivity index (χ3v) is 4.06. The van der Waals surface area contributed by atoms with Gasteiger partial charge in [-0.15, -0.1) is 0 Å². The number of hydrogen-bond donors (Lipinski definition) is 2. The number of nitrogens with one attached hydrogen (secondary N) is 1. The van der Waals surface area contributed by atoms with Gasteiger partial charge in [0, 0.05) is 5.56 Å². The number of nitrogens with two attached hydrogens (primary N) is 1. The van der Waals surface area contributed by atoms with Crippen LogP contribution in [0.15, 0.2) is 78.9 Å². The molecule has 3 rings (SSSR count). The van der Waals surface area contributed by atoms with E-state index in [1.54, 1.807) is 18.2 Å². The molecule has 0 aliphatic heterocycles. The topological polar surface area (TPSA) is 81.4 Å². The van der Waals surface area contributed by atoms with Crippen LogP contribution in [0.2, 0.25) is 0 Å². The van der Waals surface area contributed by atoms with Gasteiger partial charge in [0.05, 0.1) is 0 Å². The van der Waals surface area contributed by atoms with Crippen LogP contribution in [0.5, 0.6) is 0 Å². The number of rotatable bonds is 4. The molecular formula is C22H20N2O3. The zero-order chi connectivity index (χ0) is 19.2. The molecule has 0 aliphatic rings. The molecule has 0 bridgehead atoms. The minimum Gasteiger partial charge on any atom is -0.339 e. The zero-order valence-electron chi connectivity index (χ0n) is 14.9. The molecule has 0 aliphatic carbocycles. The molecule has 3 aromatic carbocycles. The van der Waals surface area contributed by atoms with Crippen LogP contribution in [0.25, 0.3) is 22.3 Å². The second-order valence-corrected chi connectivity index (χ2v) is 6.13. The molecule has 0 saturated carbocycles. The highest BCUT2D eigenvalue weighted by atomic mass is 16.7. The molecule has 0 saturated heterocycles. The van der Waals surface area contributed by atoms with Crippen LogP contribution in [0.3, 0.4) is 0 Å². The Balaban J connectivity index is 1.89. The van der Waals surface area contributed by atoms with E-state index in [9.17, 15) is 9.59 Å². The number of hydroxylamine groups is 1. The third-order valence-electron chi connectivity index (χ3n) is 4.06. The van der Waals surface area contributed by atoms with E-state index in [1.807, 2.05) is 60.7 Å².